The molecule has 0 amide bonds. The molecule has 0 saturated carbocycles. The van der Waals surface area contributed by atoms with Crippen molar-refractivity contribution in [2.75, 3.05) is 24.6 Å². The highest BCUT2D eigenvalue weighted by atomic mass is 35.5. The number of pyridine rings is 2. The summed E-state index contributed by atoms with van der Waals surface area (Å²) in [6.07, 6.45) is -0.0132. The predicted octanol–water partition coefficient (Wildman–Crippen LogP) is 4.34. The molecule has 2 aromatic heterocycles. The summed E-state index contributed by atoms with van der Waals surface area (Å²) < 4.78 is 27.3. The Hall–Kier alpha value is -3.15. The molecule has 32 heavy (non-hydrogen) atoms. The number of benzene rings is 1. The minimum atomic E-state index is -0.539. The first-order valence-electron chi connectivity index (χ1n) is 10.3. The van der Waals surface area contributed by atoms with E-state index in [1.807, 2.05) is 11.8 Å². The number of hydrogen-bond acceptors (Lipinski definition) is 5. The number of aryl methyl sites for hydroxylation is 1. The fourth-order valence-corrected chi connectivity index (χ4v) is 4.07. The van der Waals surface area contributed by atoms with E-state index in [0.29, 0.717) is 48.6 Å². The van der Waals surface area contributed by atoms with E-state index in [9.17, 15) is 9.18 Å². The summed E-state index contributed by atoms with van der Waals surface area (Å²) >= 11 is 5.77. The van der Waals surface area contributed by atoms with Gasteiger partial charge in [-0.1, -0.05) is 18.2 Å². The van der Waals surface area contributed by atoms with E-state index in [4.69, 9.17) is 27.6 Å². The standard InChI is InChI=1S/C23H22ClFN4O3/c1-4-31-20-13-29(10-9-19(20)32-14-5-6-15(24)16(25)11-14)18-12-22(30)28(3)17-7-8-21(26-2)27-23(17)18/h5-8,11-12,19-20H,4,9-10,13H2,1,3H3/t19-,20-/m0/s1. The van der Waals surface area contributed by atoms with Crippen LogP contribution in [0.1, 0.15) is 13.3 Å². The highest BCUT2D eigenvalue weighted by Crippen LogP contribution is 2.30. The van der Waals surface area contributed by atoms with Crippen molar-refractivity contribution < 1.29 is 13.9 Å². The van der Waals surface area contributed by atoms with Crippen LogP contribution in [0.2, 0.25) is 5.02 Å². The van der Waals surface area contributed by atoms with Crippen molar-refractivity contribution in [2.45, 2.75) is 25.6 Å². The summed E-state index contributed by atoms with van der Waals surface area (Å²) in [6.45, 7) is 10.7. The van der Waals surface area contributed by atoms with Gasteiger partial charge in [-0.25, -0.2) is 4.39 Å². The van der Waals surface area contributed by atoms with Crippen LogP contribution in [0, 0.1) is 12.4 Å². The molecule has 1 saturated heterocycles. The predicted molar refractivity (Wildman–Crippen MR) is 121 cm³/mol. The van der Waals surface area contributed by atoms with Gasteiger partial charge in [-0.3, -0.25) is 4.79 Å². The van der Waals surface area contributed by atoms with Crippen LogP contribution < -0.4 is 15.2 Å². The summed E-state index contributed by atoms with van der Waals surface area (Å²) in [5.74, 6) is 0.113. The molecule has 1 aromatic carbocycles. The summed E-state index contributed by atoms with van der Waals surface area (Å²) in [5.41, 5.74) is 1.75. The van der Waals surface area contributed by atoms with Crippen LogP contribution >= 0.6 is 11.6 Å². The minimum absolute atomic E-state index is 0.0392. The second-order valence-electron chi connectivity index (χ2n) is 7.54. The van der Waals surface area contributed by atoms with Gasteiger partial charge in [0.2, 0.25) is 5.52 Å². The quantitative estimate of drug-likeness (QED) is 0.534. The molecule has 0 spiro atoms. The third-order valence-corrected chi connectivity index (χ3v) is 5.87. The number of anilines is 1. The van der Waals surface area contributed by atoms with Crippen molar-refractivity contribution in [3.63, 3.8) is 0 Å². The van der Waals surface area contributed by atoms with Gasteiger partial charge >= 0.3 is 0 Å². The molecule has 2 atom stereocenters. The largest absolute Gasteiger partial charge is 0.487 e. The maximum absolute atomic E-state index is 13.8. The Bertz CT molecular complexity index is 1260. The van der Waals surface area contributed by atoms with Crippen molar-refractivity contribution in [1.82, 2.24) is 9.55 Å². The summed E-state index contributed by atoms with van der Waals surface area (Å²) in [5, 5.41) is 0.0392. The van der Waals surface area contributed by atoms with Crippen LogP contribution in [0.5, 0.6) is 5.75 Å². The lowest BCUT2D eigenvalue weighted by Crippen LogP contribution is -2.50. The van der Waals surface area contributed by atoms with Crippen molar-refractivity contribution in [2.24, 2.45) is 7.05 Å². The second kappa shape index (κ2) is 9.15. The second-order valence-corrected chi connectivity index (χ2v) is 7.94. The van der Waals surface area contributed by atoms with Crippen molar-refractivity contribution in [1.29, 1.82) is 0 Å². The fraction of sp³-hybridized carbons (Fsp3) is 0.348. The molecule has 7 nitrogen and oxygen atoms in total. The zero-order valence-corrected chi connectivity index (χ0v) is 18.5. The smallest absolute Gasteiger partial charge is 0.270 e. The molecule has 0 aliphatic carbocycles. The molecule has 1 aliphatic rings. The number of rotatable bonds is 5. The minimum Gasteiger partial charge on any atom is -0.487 e. The van der Waals surface area contributed by atoms with E-state index in [0.717, 1.165) is 0 Å². The maximum Gasteiger partial charge on any atom is 0.270 e. The Morgan fingerprint density at radius 2 is 2.09 bits per heavy atom. The first kappa shape index (κ1) is 22.1. The van der Waals surface area contributed by atoms with E-state index in [-0.39, 0.29) is 28.6 Å². The Balaban J connectivity index is 1.65. The molecule has 3 heterocycles. The number of fused-ring (bicyclic) bond motifs is 1. The van der Waals surface area contributed by atoms with Crippen LogP contribution in [0.3, 0.4) is 0 Å². The van der Waals surface area contributed by atoms with Gasteiger partial charge in [-0.2, -0.15) is 0 Å². The van der Waals surface area contributed by atoms with Crippen molar-refractivity contribution >= 4 is 34.1 Å². The molecular formula is C23H22ClFN4O3. The molecule has 9 heteroatoms. The van der Waals surface area contributed by atoms with Gasteiger partial charge in [0.25, 0.3) is 11.4 Å². The molecule has 4 rings (SSSR count). The van der Waals surface area contributed by atoms with Crippen LogP contribution in [-0.2, 0) is 11.8 Å². The first-order chi connectivity index (χ1) is 15.4. The third-order valence-electron chi connectivity index (χ3n) is 5.57. The lowest BCUT2D eigenvalue weighted by atomic mass is 10.0. The van der Waals surface area contributed by atoms with E-state index < -0.39 is 5.82 Å². The van der Waals surface area contributed by atoms with Gasteiger partial charge < -0.3 is 23.8 Å². The highest BCUT2D eigenvalue weighted by molar-refractivity contribution is 6.30. The topological polar surface area (TPSA) is 61.0 Å². The summed E-state index contributed by atoms with van der Waals surface area (Å²) in [7, 11) is 1.68. The SMILES string of the molecule is [C-]#[N+]c1ccc2c(n1)c(N1CC[C@H](Oc3ccc(Cl)c(F)c3)[C@@H](OCC)C1)cc(=O)n2C. The number of hydrogen-bond donors (Lipinski definition) is 0. The van der Waals surface area contributed by atoms with Crippen LogP contribution in [0.25, 0.3) is 15.9 Å². The Morgan fingerprint density at radius 1 is 1.28 bits per heavy atom. The fourth-order valence-electron chi connectivity index (χ4n) is 3.95. The molecule has 3 aromatic rings. The maximum atomic E-state index is 13.8. The summed E-state index contributed by atoms with van der Waals surface area (Å²) in [6, 6.07) is 9.25. The van der Waals surface area contributed by atoms with E-state index in [2.05, 4.69) is 9.83 Å². The van der Waals surface area contributed by atoms with E-state index in [1.54, 1.807) is 31.3 Å². The number of aromatic nitrogens is 2. The van der Waals surface area contributed by atoms with Gasteiger partial charge in [0.05, 0.1) is 16.2 Å². The Labute approximate surface area is 189 Å². The van der Waals surface area contributed by atoms with Gasteiger partial charge in [-0.05, 0) is 31.2 Å². The molecule has 0 bridgehead atoms. The van der Waals surface area contributed by atoms with Crippen LogP contribution in [-0.4, -0.2) is 41.5 Å². The van der Waals surface area contributed by atoms with E-state index >= 15 is 0 Å². The lowest BCUT2D eigenvalue weighted by molar-refractivity contribution is -0.0280. The Morgan fingerprint density at radius 3 is 2.81 bits per heavy atom. The average Bonchev–Trinajstić information content (AvgIpc) is 2.79. The molecule has 0 N–H and O–H groups in total. The lowest BCUT2D eigenvalue weighted by Gasteiger charge is -2.39. The zero-order chi connectivity index (χ0) is 22.8. The first-order valence-corrected chi connectivity index (χ1v) is 10.7. The molecule has 0 radical (unpaired) electrons. The zero-order valence-electron chi connectivity index (χ0n) is 17.7. The number of piperidine rings is 1. The summed E-state index contributed by atoms with van der Waals surface area (Å²) in [4.78, 5) is 22.5. The molecule has 1 fully saturated rings. The monoisotopic (exact) mass is 456 g/mol. The normalized spacial score (nSPS) is 18.5. The molecule has 1 aliphatic heterocycles. The van der Waals surface area contributed by atoms with Gasteiger partial charge in [0.15, 0.2) is 0 Å². The average molecular weight is 457 g/mol. The number of halogens is 2. The van der Waals surface area contributed by atoms with Crippen LogP contribution in [0.4, 0.5) is 15.9 Å². The number of ether oxygens (including phenoxy) is 2. The number of nitrogens with zero attached hydrogens (tertiary/aromatic N) is 4. The van der Waals surface area contributed by atoms with E-state index in [1.165, 1.54) is 16.7 Å². The van der Waals surface area contributed by atoms with Gasteiger partial charge in [-0.15, -0.1) is 4.98 Å². The van der Waals surface area contributed by atoms with Crippen molar-refractivity contribution in [3.05, 3.63) is 69.0 Å². The molecule has 0 unspecified atom stereocenters. The Kier molecular flexibility index (Phi) is 6.31. The molecular weight excluding hydrogens is 435 g/mol. The van der Waals surface area contributed by atoms with Gasteiger partial charge in [0, 0.05) is 45.3 Å². The molecule has 166 valence electrons. The highest BCUT2D eigenvalue weighted by Gasteiger charge is 2.33. The van der Waals surface area contributed by atoms with Gasteiger partial charge in [0.1, 0.15) is 23.8 Å². The van der Waals surface area contributed by atoms with Crippen LogP contribution in [0.15, 0.2) is 41.2 Å². The third kappa shape index (κ3) is 4.27. The van der Waals surface area contributed by atoms with Crippen molar-refractivity contribution in [3.8, 4) is 5.75 Å².